The molecule has 0 fully saturated rings. The summed E-state index contributed by atoms with van der Waals surface area (Å²) in [6, 6.07) is 26.6. The van der Waals surface area contributed by atoms with Crippen molar-refractivity contribution < 1.29 is 0 Å². The lowest BCUT2D eigenvalue weighted by atomic mass is 9.99. The van der Waals surface area contributed by atoms with E-state index in [4.69, 9.17) is 12.6 Å². The summed E-state index contributed by atoms with van der Waals surface area (Å²) in [5, 5.41) is 9.95. The van der Waals surface area contributed by atoms with Crippen LogP contribution in [-0.4, -0.2) is 23.1 Å². The average Bonchev–Trinajstić information content (AvgIpc) is 3.13. The molecular weight excluding hydrogens is 390 g/mol. The zero-order valence-corrected chi connectivity index (χ0v) is 18.7. The van der Waals surface area contributed by atoms with Crippen LogP contribution in [-0.2, 0) is 0 Å². The van der Waals surface area contributed by atoms with Gasteiger partial charge in [0.2, 0.25) is 0 Å². The summed E-state index contributed by atoms with van der Waals surface area (Å²) >= 11 is 4.72. The Labute approximate surface area is 177 Å². The summed E-state index contributed by atoms with van der Waals surface area (Å²) < 4.78 is 1.96. The molecule has 0 unspecified atom stereocenters. The molecule has 0 aliphatic rings. The summed E-state index contributed by atoms with van der Waals surface area (Å²) in [5.41, 5.74) is 8.85. The molecule has 0 atom stereocenters. The van der Waals surface area contributed by atoms with E-state index in [0.717, 1.165) is 37.9 Å². The standard InChI is InChI=1S/C24H23N3SSi/c1-29(2,3)24(27-22-15-9-8-14-21(22)25-26-27)17-20(18-11-5-4-6-12-18)19-13-7-10-16-23(19)28/h4-16,28H,1-3H3. The molecule has 29 heavy (non-hydrogen) atoms. The third kappa shape index (κ3) is 3.98. The van der Waals surface area contributed by atoms with Gasteiger partial charge in [0.15, 0.2) is 0 Å². The van der Waals surface area contributed by atoms with Crippen molar-refractivity contribution in [2.24, 2.45) is 0 Å². The molecule has 0 amide bonds. The van der Waals surface area contributed by atoms with E-state index in [1.54, 1.807) is 0 Å². The van der Waals surface area contributed by atoms with Gasteiger partial charge in [0, 0.05) is 16.0 Å². The van der Waals surface area contributed by atoms with Crippen molar-refractivity contribution in [3.63, 3.8) is 0 Å². The number of benzene rings is 3. The Morgan fingerprint density at radius 3 is 2.24 bits per heavy atom. The van der Waals surface area contributed by atoms with Gasteiger partial charge in [-0.15, -0.1) is 17.7 Å². The van der Waals surface area contributed by atoms with Crippen molar-refractivity contribution in [3.8, 4) is 0 Å². The van der Waals surface area contributed by atoms with E-state index in [2.05, 4.69) is 72.1 Å². The molecule has 0 saturated heterocycles. The third-order valence-corrected chi connectivity index (χ3v) is 6.90. The molecule has 0 radical (unpaired) electrons. The second-order valence-corrected chi connectivity index (χ2v) is 13.4. The van der Waals surface area contributed by atoms with E-state index in [1.165, 1.54) is 0 Å². The normalized spacial score (nSPS) is 11.3. The van der Waals surface area contributed by atoms with Gasteiger partial charge < -0.3 is 0 Å². The maximum Gasteiger partial charge on any atom is 0.113 e. The SMILES string of the molecule is C[Si](C)(C)C(=C=C(c1ccccc1)c1ccccc1S)n1nnc2ccccc21. The Morgan fingerprint density at radius 1 is 0.862 bits per heavy atom. The van der Waals surface area contributed by atoms with Gasteiger partial charge >= 0.3 is 0 Å². The molecule has 0 bridgehead atoms. The Morgan fingerprint density at radius 2 is 1.52 bits per heavy atom. The van der Waals surface area contributed by atoms with Crippen molar-refractivity contribution in [2.45, 2.75) is 24.5 Å². The molecule has 1 heterocycles. The third-order valence-electron chi connectivity index (χ3n) is 4.75. The zero-order valence-electron chi connectivity index (χ0n) is 16.8. The van der Waals surface area contributed by atoms with Gasteiger partial charge in [0.1, 0.15) is 13.6 Å². The highest BCUT2D eigenvalue weighted by Gasteiger charge is 2.25. The summed E-state index contributed by atoms with van der Waals surface area (Å²) in [7, 11) is -1.83. The average molecular weight is 414 g/mol. The lowest BCUT2D eigenvalue weighted by molar-refractivity contribution is 0.850. The van der Waals surface area contributed by atoms with E-state index in [9.17, 15) is 0 Å². The fourth-order valence-corrected chi connectivity index (χ4v) is 4.87. The predicted octanol–water partition coefficient (Wildman–Crippen LogP) is 6.17. The van der Waals surface area contributed by atoms with Crippen LogP contribution in [0.15, 0.2) is 89.5 Å². The molecule has 0 N–H and O–H groups in total. The number of hydrogen-bond donors (Lipinski definition) is 1. The van der Waals surface area contributed by atoms with Gasteiger partial charge in [-0.1, -0.05) is 91.2 Å². The zero-order chi connectivity index (χ0) is 20.4. The molecule has 144 valence electrons. The lowest BCUT2D eigenvalue weighted by Crippen LogP contribution is -2.27. The molecule has 4 aromatic rings. The lowest BCUT2D eigenvalue weighted by Gasteiger charge is -2.20. The Hall–Kier alpha value is -2.85. The Kier molecular flexibility index (Phi) is 5.29. The Balaban J connectivity index is 2.11. The molecule has 0 aliphatic carbocycles. The molecule has 0 aliphatic heterocycles. The summed E-state index contributed by atoms with van der Waals surface area (Å²) in [6.45, 7) is 6.92. The molecule has 5 heteroatoms. The number of hydrogen-bond acceptors (Lipinski definition) is 3. The van der Waals surface area contributed by atoms with Gasteiger partial charge in [0.05, 0.1) is 10.8 Å². The number of nitrogens with zero attached hydrogens (tertiary/aromatic N) is 3. The fourth-order valence-electron chi connectivity index (χ4n) is 3.30. The van der Waals surface area contributed by atoms with Crippen LogP contribution < -0.4 is 0 Å². The van der Waals surface area contributed by atoms with Crippen LogP contribution in [0.25, 0.3) is 21.9 Å². The number of aromatic nitrogens is 3. The minimum Gasteiger partial charge on any atom is -0.214 e. The van der Waals surface area contributed by atoms with Crippen molar-refractivity contribution in [1.29, 1.82) is 0 Å². The minimum absolute atomic E-state index is 0.890. The summed E-state index contributed by atoms with van der Waals surface area (Å²) in [5.74, 6) is 0. The number of rotatable bonds is 4. The van der Waals surface area contributed by atoms with Crippen molar-refractivity contribution in [3.05, 3.63) is 95.7 Å². The van der Waals surface area contributed by atoms with E-state index >= 15 is 0 Å². The minimum atomic E-state index is -1.83. The number of para-hydroxylation sites is 1. The van der Waals surface area contributed by atoms with E-state index < -0.39 is 8.07 Å². The van der Waals surface area contributed by atoms with Crippen LogP contribution in [0.2, 0.25) is 19.6 Å². The van der Waals surface area contributed by atoms with Crippen LogP contribution >= 0.6 is 12.6 Å². The van der Waals surface area contributed by atoms with Gasteiger partial charge in [-0.05, 0) is 23.8 Å². The molecule has 3 aromatic carbocycles. The van der Waals surface area contributed by atoms with Crippen molar-refractivity contribution in [1.82, 2.24) is 15.0 Å². The summed E-state index contributed by atoms with van der Waals surface area (Å²) in [6.07, 6.45) is 0. The maximum absolute atomic E-state index is 4.72. The van der Waals surface area contributed by atoms with Crippen LogP contribution in [0, 0.1) is 0 Å². The molecular formula is C24H23N3SSi. The quantitative estimate of drug-likeness (QED) is 0.246. The maximum atomic E-state index is 4.72. The van der Waals surface area contributed by atoms with Crippen molar-refractivity contribution in [2.75, 3.05) is 0 Å². The Bertz CT molecular complexity index is 1230. The van der Waals surface area contributed by atoms with Crippen molar-refractivity contribution >= 4 is 42.6 Å². The van der Waals surface area contributed by atoms with Gasteiger partial charge in [-0.2, -0.15) is 0 Å². The molecule has 0 spiro atoms. The smallest absolute Gasteiger partial charge is 0.113 e. The highest BCUT2D eigenvalue weighted by atomic mass is 32.1. The highest BCUT2D eigenvalue weighted by Crippen LogP contribution is 2.30. The van der Waals surface area contributed by atoms with Gasteiger partial charge in [0.25, 0.3) is 0 Å². The van der Waals surface area contributed by atoms with Gasteiger partial charge in [-0.25, -0.2) is 4.68 Å². The van der Waals surface area contributed by atoms with Crippen LogP contribution in [0.5, 0.6) is 0 Å². The molecule has 4 rings (SSSR count). The number of thiol groups is 1. The molecule has 3 nitrogen and oxygen atoms in total. The highest BCUT2D eigenvalue weighted by molar-refractivity contribution is 7.80. The first kappa shape index (κ1) is 19.5. The first-order valence-corrected chi connectivity index (χ1v) is 13.6. The first-order chi connectivity index (χ1) is 13.9. The second-order valence-electron chi connectivity index (χ2n) is 7.97. The topological polar surface area (TPSA) is 30.7 Å². The predicted molar refractivity (Wildman–Crippen MR) is 127 cm³/mol. The largest absolute Gasteiger partial charge is 0.214 e. The van der Waals surface area contributed by atoms with Crippen LogP contribution in [0.1, 0.15) is 11.1 Å². The number of fused-ring (bicyclic) bond motifs is 1. The first-order valence-electron chi connectivity index (χ1n) is 9.61. The van der Waals surface area contributed by atoms with E-state index in [0.29, 0.717) is 0 Å². The monoisotopic (exact) mass is 413 g/mol. The molecule has 1 aromatic heterocycles. The van der Waals surface area contributed by atoms with Gasteiger partial charge in [-0.3, -0.25) is 0 Å². The van der Waals surface area contributed by atoms with E-state index in [-0.39, 0.29) is 0 Å². The second kappa shape index (κ2) is 7.88. The fraction of sp³-hybridized carbons (Fsp3) is 0.125. The molecule has 0 saturated carbocycles. The van der Waals surface area contributed by atoms with E-state index in [1.807, 2.05) is 47.1 Å². The van der Waals surface area contributed by atoms with Crippen LogP contribution in [0.3, 0.4) is 0 Å². The van der Waals surface area contributed by atoms with Crippen LogP contribution in [0.4, 0.5) is 0 Å². The summed E-state index contributed by atoms with van der Waals surface area (Å²) in [4.78, 5) is 0.928.